The van der Waals surface area contributed by atoms with Gasteiger partial charge >= 0.3 is 5.65 Å². The highest BCUT2D eigenvalue weighted by Crippen LogP contribution is 2.22. The molecule has 20 heavy (non-hydrogen) atoms. The van der Waals surface area contributed by atoms with E-state index in [1.54, 1.807) is 17.0 Å². The van der Waals surface area contributed by atoms with E-state index >= 15 is 0 Å². The lowest BCUT2D eigenvalue weighted by Gasteiger charge is -2.15. The Morgan fingerprint density at radius 2 is 2.25 bits per heavy atom. The van der Waals surface area contributed by atoms with Gasteiger partial charge in [-0.1, -0.05) is 4.98 Å². The summed E-state index contributed by atoms with van der Waals surface area (Å²) in [5, 5.41) is 19.8. The lowest BCUT2D eigenvalue weighted by atomic mass is 10.1. The fourth-order valence-electron chi connectivity index (χ4n) is 2.43. The Hall–Kier alpha value is -2.03. The highest BCUT2D eigenvalue weighted by molar-refractivity contribution is 5.77. The molecule has 0 aliphatic heterocycles. The fourth-order valence-corrected chi connectivity index (χ4v) is 2.43. The highest BCUT2D eigenvalue weighted by Gasteiger charge is 2.35. The van der Waals surface area contributed by atoms with Crippen molar-refractivity contribution in [3.63, 3.8) is 0 Å². The minimum absolute atomic E-state index is 0.365. The zero-order valence-electron chi connectivity index (χ0n) is 10.9. The molecule has 0 radical (unpaired) electrons. The van der Waals surface area contributed by atoms with E-state index in [1.807, 2.05) is 0 Å². The maximum atomic E-state index is 10.0. The van der Waals surface area contributed by atoms with Gasteiger partial charge in [0.15, 0.2) is 18.5 Å². The number of H-pyrrole nitrogens is 1. The van der Waals surface area contributed by atoms with Crippen LogP contribution in [0.3, 0.4) is 0 Å². The molecule has 0 saturated heterocycles. The third kappa shape index (κ3) is 1.94. The molecular formula is C12H16N5O3+. The van der Waals surface area contributed by atoms with Crippen LogP contribution in [-0.2, 0) is 11.3 Å². The average molecular weight is 278 g/mol. The summed E-state index contributed by atoms with van der Waals surface area (Å²) in [5.74, 6) is 0.365. The standard InChI is InChI=1S/C12H15N5O3/c1-20-7-2-6(9(18)10(7)19)3-17-5-16-8-11(13)14-4-15-12(8)17/h2,4-5,7,9-10,18-19H,3H2,1H3,(H2,13,14,15)/p+1/t7-,9-,10+/m0/s1. The number of methoxy groups -OCH3 is 1. The van der Waals surface area contributed by atoms with Crippen molar-refractivity contribution in [1.29, 1.82) is 0 Å². The Balaban J connectivity index is 1.92. The molecule has 8 nitrogen and oxygen atoms in total. The summed E-state index contributed by atoms with van der Waals surface area (Å²) >= 11 is 0. The SMILES string of the molecule is CO[C@H]1C=C(C[n+]2c[nH]c3c(N)ncnc32)[C@H](O)[C@@H]1O. The first-order valence-electron chi connectivity index (χ1n) is 6.18. The normalized spacial score (nSPS) is 26.1. The number of nitrogens with one attached hydrogen (secondary N) is 1. The minimum Gasteiger partial charge on any atom is -0.387 e. The summed E-state index contributed by atoms with van der Waals surface area (Å²) in [6.07, 6.45) is 2.43. The van der Waals surface area contributed by atoms with Crippen LogP contribution in [0.4, 0.5) is 5.82 Å². The first-order chi connectivity index (χ1) is 9.61. The molecule has 5 N–H and O–H groups in total. The summed E-state index contributed by atoms with van der Waals surface area (Å²) in [7, 11) is 1.49. The van der Waals surface area contributed by atoms with Gasteiger partial charge in [0.25, 0.3) is 0 Å². The molecule has 0 bridgehead atoms. The van der Waals surface area contributed by atoms with E-state index in [-0.39, 0.29) is 0 Å². The largest absolute Gasteiger partial charge is 0.387 e. The van der Waals surface area contributed by atoms with Gasteiger partial charge in [-0.25, -0.2) is 4.57 Å². The van der Waals surface area contributed by atoms with Gasteiger partial charge in [0.05, 0.1) is 6.54 Å². The van der Waals surface area contributed by atoms with Crippen molar-refractivity contribution in [1.82, 2.24) is 15.0 Å². The molecule has 0 saturated carbocycles. The molecule has 8 heteroatoms. The quantitative estimate of drug-likeness (QED) is 0.401. The third-order valence-corrected chi connectivity index (χ3v) is 3.54. The van der Waals surface area contributed by atoms with Crippen molar-refractivity contribution in [2.45, 2.75) is 24.9 Å². The summed E-state index contributed by atoms with van der Waals surface area (Å²) < 4.78 is 6.90. The van der Waals surface area contributed by atoms with E-state index in [0.29, 0.717) is 29.1 Å². The molecule has 2 heterocycles. The second-order valence-corrected chi connectivity index (χ2v) is 4.74. The van der Waals surface area contributed by atoms with Gasteiger partial charge in [-0.3, -0.25) is 4.98 Å². The third-order valence-electron chi connectivity index (χ3n) is 3.54. The maximum absolute atomic E-state index is 10.0. The number of aliphatic hydroxyl groups excluding tert-OH is 2. The van der Waals surface area contributed by atoms with E-state index < -0.39 is 18.3 Å². The van der Waals surface area contributed by atoms with Crippen LogP contribution in [0.5, 0.6) is 0 Å². The number of nitrogen functional groups attached to an aromatic ring is 1. The van der Waals surface area contributed by atoms with Crippen LogP contribution in [0.15, 0.2) is 24.3 Å². The number of ether oxygens (including phenoxy) is 1. The molecule has 0 aromatic carbocycles. The summed E-state index contributed by atoms with van der Waals surface area (Å²) in [5.41, 5.74) is 7.71. The molecule has 0 fully saturated rings. The number of hydrogen-bond donors (Lipinski definition) is 4. The van der Waals surface area contributed by atoms with E-state index in [0.717, 1.165) is 0 Å². The van der Waals surface area contributed by atoms with Gasteiger partial charge in [-0.05, 0) is 11.6 Å². The molecule has 1 aliphatic carbocycles. The first kappa shape index (κ1) is 13.0. The number of anilines is 1. The lowest BCUT2D eigenvalue weighted by Crippen LogP contribution is -2.38. The Labute approximate surface area is 114 Å². The molecule has 0 amide bonds. The predicted molar refractivity (Wildman–Crippen MR) is 69.4 cm³/mol. The zero-order chi connectivity index (χ0) is 14.3. The fraction of sp³-hybridized carbons (Fsp3) is 0.417. The molecule has 3 rings (SSSR count). The molecule has 106 valence electrons. The molecule has 0 spiro atoms. The number of aromatic nitrogens is 4. The summed E-state index contributed by atoms with van der Waals surface area (Å²) in [4.78, 5) is 11.1. The van der Waals surface area contributed by atoms with Crippen LogP contribution < -0.4 is 10.3 Å². The molecule has 1 aliphatic rings. The van der Waals surface area contributed by atoms with Crippen molar-refractivity contribution in [3.05, 3.63) is 24.3 Å². The van der Waals surface area contributed by atoms with Gasteiger partial charge in [0, 0.05) is 7.11 Å². The number of hydrogen-bond acceptors (Lipinski definition) is 6. The second-order valence-electron chi connectivity index (χ2n) is 4.74. The second kappa shape index (κ2) is 4.82. The van der Waals surface area contributed by atoms with Crippen LogP contribution >= 0.6 is 0 Å². The average Bonchev–Trinajstić information content (AvgIpc) is 2.97. The van der Waals surface area contributed by atoms with Crippen molar-refractivity contribution in [2.75, 3.05) is 12.8 Å². The van der Waals surface area contributed by atoms with Crippen molar-refractivity contribution in [3.8, 4) is 0 Å². The number of nitrogens with zero attached hydrogens (tertiary/aromatic N) is 3. The van der Waals surface area contributed by atoms with Crippen molar-refractivity contribution < 1.29 is 19.5 Å². The van der Waals surface area contributed by atoms with Gasteiger partial charge in [-0.2, -0.15) is 4.98 Å². The van der Waals surface area contributed by atoms with Crippen LogP contribution in [-0.4, -0.2) is 50.6 Å². The summed E-state index contributed by atoms with van der Waals surface area (Å²) in [6, 6.07) is 0. The van der Waals surface area contributed by atoms with E-state index in [4.69, 9.17) is 10.5 Å². The van der Waals surface area contributed by atoms with E-state index in [1.165, 1.54) is 13.4 Å². The van der Waals surface area contributed by atoms with Crippen LogP contribution in [0, 0.1) is 0 Å². The molecular weight excluding hydrogens is 262 g/mol. The Bertz CT molecular complexity index is 668. The summed E-state index contributed by atoms with van der Waals surface area (Å²) in [6.45, 7) is 0.383. The van der Waals surface area contributed by atoms with Gasteiger partial charge in [0.1, 0.15) is 18.3 Å². The maximum Gasteiger partial charge on any atom is 0.307 e. The Morgan fingerprint density at radius 1 is 1.45 bits per heavy atom. The molecule has 2 aromatic rings. The number of nitrogens with two attached hydrogens (primary N) is 1. The van der Waals surface area contributed by atoms with Crippen LogP contribution in [0.1, 0.15) is 0 Å². The van der Waals surface area contributed by atoms with E-state index in [2.05, 4.69) is 15.0 Å². The minimum atomic E-state index is -0.948. The monoisotopic (exact) mass is 278 g/mol. The number of imidazole rings is 1. The van der Waals surface area contributed by atoms with Crippen LogP contribution in [0.25, 0.3) is 11.2 Å². The number of aliphatic hydroxyl groups is 2. The van der Waals surface area contributed by atoms with E-state index in [9.17, 15) is 10.2 Å². The van der Waals surface area contributed by atoms with Gasteiger partial charge in [0.2, 0.25) is 5.52 Å². The number of fused-ring (bicyclic) bond motifs is 1. The molecule has 0 unspecified atom stereocenters. The van der Waals surface area contributed by atoms with Gasteiger partial charge in [-0.15, -0.1) is 0 Å². The number of rotatable bonds is 3. The highest BCUT2D eigenvalue weighted by atomic mass is 16.5. The smallest absolute Gasteiger partial charge is 0.307 e. The molecule has 2 aromatic heterocycles. The Morgan fingerprint density at radius 3 is 2.95 bits per heavy atom. The van der Waals surface area contributed by atoms with Crippen molar-refractivity contribution in [2.24, 2.45) is 0 Å². The first-order valence-corrected chi connectivity index (χ1v) is 6.18. The van der Waals surface area contributed by atoms with Gasteiger partial charge < -0.3 is 20.7 Å². The predicted octanol–water partition coefficient (Wildman–Crippen LogP) is -1.50. The zero-order valence-corrected chi connectivity index (χ0v) is 10.9. The number of aromatic amines is 1. The Kier molecular flexibility index (Phi) is 3.13. The van der Waals surface area contributed by atoms with Crippen molar-refractivity contribution >= 4 is 17.0 Å². The topological polar surface area (TPSA) is 121 Å². The molecule has 3 atom stereocenters. The lowest BCUT2D eigenvalue weighted by molar-refractivity contribution is -0.665. The van der Waals surface area contributed by atoms with Crippen LogP contribution in [0.2, 0.25) is 0 Å².